The van der Waals surface area contributed by atoms with Crippen LogP contribution in [-0.4, -0.2) is 41.1 Å². The van der Waals surface area contributed by atoms with Crippen molar-refractivity contribution < 1.29 is 14.7 Å². The zero-order chi connectivity index (χ0) is 12.6. The lowest BCUT2D eigenvalue weighted by Crippen LogP contribution is -2.46. The number of aliphatic carboxylic acids is 1. The van der Waals surface area contributed by atoms with Gasteiger partial charge in [0.25, 0.3) is 0 Å². The minimum atomic E-state index is -1.00. The van der Waals surface area contributed by atoms with Crippen LogP contribution in [0.4, 0.5) is 4.79 Å². The molecule has 0 aliphatic heterocycles. The lowest BCUT2D eigenvalue weighted by molar-refractivity contribution is -0.138. The van der Waals surface area contributed by atoms with E-state index >= 15 is 0 Å². The molecular formula is C11H20N2O3. The molecule has 2 amide bonds. The third-order valence-corrected chi connectivity index (χ3v) is 2.01. The van der Waals surface area contributed by atoms with Crippen molar-refractivity contribution in [2.75, 3.05) is 13.1 Å². The lowest BCUT2D eigenvalue weighted by Gasteiger charge is -2.24. The molecule has 0 aliphatic carbocycles. The lowest BCUT2D eigenvalue weighted by atomic mass is 10.3. The predicted molar refractivity (Wildman–Crippen MR) is 62.3 cm³/mol. The molecule has 2 N–H and O–H groups in total. The van der Waals surface area contributed by atoms with Gasteiger partial charge in [-0.15, -0.1) is 0 Å². The van der Waals surface area contributed by atoms with Gasteiger partial charge < -0.3 is 15.3 Å². The van der Waals surface area contributed by atoms with Crippen molar-refractivity contribution in [3.8, 4) is 0 Å². The molecule has 0 aromatic carbocycles. The highest BCUT2D eigenvalue weighted by Gasteiger charge is 2.18. The van der Waals surface area contributed by atoms with E-state index in [-0.39, 0.29) is 18.6 Å². The van der Waals surface area contributed by atoms with Crippen molar-refractivity contribution in [3.05, 3.63) is 12.2 Å². The van der Waals surface area contributed by atoms with Crippen molar-refractivity contribution in [1.82, 2.24) is 10.2 Å². The molecule has 92 valence electrons. The Hall–Kier alpha value is -1.52. The molecule has 0 heterocycles. The quantitative estimate of drug-likeness (QED) is 0.534. The number of carbonyl (C=O) groups excluding carboxylic acids is 1. The molecule has 0 spiro atoms. The molecule has 5 nitrogen and oxygen atoms in total. The number of allylic oxidation sites excluding steroid dienone is 1. The standard InChI is InChI=1S/C11H20N2O3/c1-4-5-6-7-12-11(16)13(9(2)3)8-10(14)15/h4-5,9H,6-8H2,1-3H3,(H,12,16)(H,14,15)/b5-4+. The number of hydrogen-bond donors (Lipinski definition) is 2. The minimum absolute atomic E-state index is 0.127. The number of amides is 2. The van der Waals surface area contributed by atoms with Crippen LogP contribution in [0.25, 0.3) is 0 Å². The molecule has 0 saturated heterocycles. The monoisotopic (exact) mass is 228 g/mol. The van der Waals surface area contributed by atoms with Crippen LogP contribution in [0.5, 0.6) is 0 Å². The fraction of sp³-hybridized carbons (Fsp3) is 0.636. The maximum atomic E-state index is 11.6. The molecule has 5 heteroatoms. The first-order valence-corrected chi connectivity index (χ1v) is 5.36. The number of urea groups is 1. The van der Waals surface area contributed by atoms with Crippen LogP contribution in [0.1, 0.15) is 27.2 Å². The molecule has 0 aromatic rings. The van der Waals surface area contributed by atoms with Crippen LogP contribution in [0.15, 0.2) is 12.2 Å². The Kier molecular flexibility index (Phi) is 7.00. The van der Waals surface area contributed by atoms with Crippen molar-refractivity contribution in [3.63, 3.8) is 0 Å². The smallest absolute Gasteiger partial charge is 0.323 e. The predicted octanol–water partition coefficient (Wildman–Crippen LogP) is 1.46. The largest absolute Gasteiger partial charge is 0.480 e. The number of carboxylic acid groups (broad SMARTS) is 1. The van der Waals surface area contributed by atoms with Gasteiger partial charge in [-0.25, -0.2) is 4.79 Å². The highest BCUT2D eigenvalue weighted by atomic mass is 16.4. The fourth-order valence-electron chi connectivity index (χ4n) is 1.17. The van der Waals surface area contributed by atoms with E-state index in [1.54, 1.807) is 13.8 Å². The van der Waals surface area contributed by atoms with Crippen LogP contribution in [0.3, 0.4) is 0 Å². The summed E-state index contributed by atoms with van der Waals surface area (Å²) in [5.74, 6) is -1.00. The van der Waals surface area contributed by atoms with Crippen molar-refractivity contribution >= 4 is 12.0 Å². The SMILES string of the molecule is C/C=C/CCNC(=O)N(CC(=O)O)C(C)C. The molecule has 0 rings (SSSR count). The normalized spacial score (nSPS) is 10.8. The van der Waals surface area contributed by atoms with Crippen LogP contribution < -0.4 is 5.32 Å². The second-order valence-corrected chi connectivity index (χ2v) is 3.71. The second-order valence-electron chi connectivity index (χ2n) is 3.71. The third kappa shape index (κ3) is 6.06. The first-order chi connectivity index (χ1) is 7.49. The van der Waals surface area contributed by atoms with Crippen LogP contribution in [-0.2, 0) is 4.79 Å². The Morgan fingerprint density at radius 3 is 2.50 bits per heavy atom. The summed E-state index contributed by atoms with van der Waals surface area (Å²) in [5.41, 5.74) is 0. The summed E-state index contributed by atoms with van der Waals surface area (Å²) in [6.45, 7) is 5.73. The summed E-state index contributed by atoms with van der Waals surface area (Å²) in [6.07, 6.45) is 4.60. The molecule has 16 heavy (non-hydrogen) atoms. The van der Waals surface area contributed by atoms with Crippen molar-refractivity contribution in [2.45, 2.75) is 33.2 Å². The number of nitrogens with one attached hydrogen (secondary N) is 1. The maximum Gasteiger partial charge on any atom is 0.323 e. The zero-order valence-electron chi connectivity index (χ0n) is 10.1. The van der Waals surface area contributed by atoms with Crippen LogP contribution in [0.2, 0.25) is 0 Å². The van der Waals surface area contributed by atoms with Gasteiger partial charge in [0.1, 0.15) is 6.54 Å². The average molecular weight is 228 g/mol. The molecule has 0 fully saturated rings. The number of carbonyl (C=O) groups is 2. The highest BCUT2D eigenvalue weighted by Crippen LogP contribution is 1.98. The van der Waals surface area contributed by atoms with E-state index < -0.39 is 5.97 Å². The fourth-order valence-corrected chi connectivity index (χ4v) is 1.17. The van der Waals surface area contributed by atoms with Gasteiger partial charge in [-0.3, -0.25) is 4.79 Å². The van der Waals surface area contributed by atoms with E-state index in [0.29, 0.717) is 6.54 Å². The van der Waals surface area contributed by atoms with Crippen LogP contribution >= 0.6 is 0 Å². The van der Waals surface area contributed by atoms with E-state index in [1.807, 2.05) is 19.1 Å². The van der Waals surface area contributed by atoms with E-state index in [1.165, 1.54) is 4.90 Å². The van der Waals surface area contributed by atoms with Crippen LogP contribution in [0, 0.1) is 0 Å². The topological polar surface area (TPSA) is 69.6 Å². The Labute approximate surface area is 96.1 Å². The van der Waals surface area contributed by atoms with Gasteiger partial charge in [-0.2, -0.15) is 0 Å². The summed E-state index contributed by atoms with van der Waals surface area (Å²) in [4.78, 5) is 23.5. The van der Waals surface area contributed by atoms with E-state index in [2.05, 4.69) is 5.32 Å². The number of rotatable bonds is 6. The number of carboxylic acids is 1. The molecule has 0 saturated carbocycles. The minimum Gasteiger partial charge on any atom is -0.480 e. The van der Waals surface area contributed by atoms with E-state index in [9.17, 15) is 9.59 Å². The first kappa shape index (κ1) is 14.5. The Morgan fingerprint density at radius 2 is 2.06 bits per heavy atom. The van der Waals surface area contributed by atoms with E-state index in [4.69, 9.17) is 5.11 Å². The Balaban J connectivity index is 4.12. The zero-order valence-corrected chi connectivity index (χ0v) is 10.1. The third-order valence-electron chi connectivity index (χ3n) is 2.01. The number of hydrogen-bond acceptors (Lipinski definition) is 2. The summed E-state index contributed by atoms with van der Waals surface area (Å²) in [7, 11) is 0. The second kappa shape index (κ2) is 7.73. The average Bonchev–Trinajstić information content (AvgIpc) is 2.20. The van der Waals surface area contributed by atoms with Gasteiger partial charge in [-0.05, 0) is 27.2 Å². The van der Waals surface area contributed by atoms with Gasteiger partial charge in [-0.1, -0.05) is 12.2 Å². The molecule has 0 aromatic heterocycles. The van der Waals surface area contributed by atoms with Gasteiger partial charge in [0.15, 0.2) is 0 Å². The molecule has 0 radical (unpaired) electrons. The Bertz CT molecular complexity index is 262. The molecule has 0 aliphatic rings. The van der Waals surface area contributed by atoms with Gasteiger partial charge in [0.05, 0.1) is 0 Å². The first-order valence-electron chi connectivity index (χ1n) is 5.36. The number of nitrogens with zero attached hydrogens (tertiary/aromatic N) is 1. The summed E-state index contributed by atoms with van der Waals surface area (Å²) in [5, 5.41) is 11.3. The van der Waals surface area contributed by atoms with Crippen molar-refractivity contribution in [2.24, 2.45) is 0 Å². The van der Waals surface area contributed by atoms with Gasteiger partial charge in [0.2, 0.25) is 0 Å². The Morgan fingerprint density at radius 1 is 1.44 bits per heavy atom. The molecule has 0 atom stereocenters. The van der Waals surface area contributed by atoms with E-state index in [0.717, 1.165) is 6.42 Å². The molecule has 0 unspecified atom stereocenters. The molecule has 0 bridgehead atoms. The highest BCUT2D eigenvalue weighted by molar-refractivity contribution is 5.80. The summed E-state index contributed by atoms with van der Waals surface area (Å²) in [6, 6.07) is -0.459. The van der Waals surface area contributed by atoms with Crippen molar-refractivity contribution in [1.29, 1.82) is 0 Å². The van der Waals surface area contributed by atoms with Gasteiger partial charge in [0, 0.05) is 12.6 Å². The van der Waals surface area contributed by atoms with Gasteiger partial charge >= 0.3 is 12.0 Å². The summed E-state index contributed by atoms with van der Waals surface area (Å²) < 4.78 is 0. The maximum absolute atomic E-state index is 11.6. The summed E-state index contributed by atoms with van der Waals surface area (Å²) >= 11 is 0. The molecular weight excluding hydrogens is 208 g/mol.